The van der Waals surface area contributed by atoms with E-state index < -0.39 is 14.8 Å². The van der Waals surface area contributed by atoms with Crippen molar-refractivity contribution in [1.29, 1.82) is 0 Å². The van der Waals surface area contributed by atoms with E-state index in [1.54, 1.807) is 6.92 Å². The topological polar surface area (TPSA) is 141 Å². The second kappa shape index (κ2) is 5.78. The molecule has 0 fully saturated rings. The maximum absolute atomic E-state index is 11.0. The van der Waals surface area contributed by atoms with Gasteiger partial charge in [0, 0.05) is 12.3 Å². The molecule has 3 N–H and O–H groups in total. The highest BCUT2D eigenvalue weighted by Crippen LogP contribution is 2.18. The number of nitrogen functional groups attached to an aromatic ring is 1. The minimum Gasteiger partial charge on any atom is -0.378 e. The summed E-state index contributed by atoms with van der Waals surface area (Å²) in [6.07, 6.45) is 2.53. The highest BCUT2D eigenvalue weighted by molar-refractivity contribution is 7.90. The van der Waals surface area contributed by atoms with Crippen molar-refractivity contribution in [3.63, 3.8) is 0 Å². The molecule has 0 aromatic carbocycles. The predicted molar refractivity (Wildman–Crippen MR) is 70.5 cm³/mol. The lowest BCUT2D eigenvalue weighted by molar-refractivity contribution is -0.384. The molecule has 1 heterocycles. The molecule has 1 rings (SSSR count). The van der Waals surface area contributed by atoms with Crippen LogP contribution in [0.4, 0.5) is 17.5 Å². The van der Waals surface area contributed by atoms with Crippen molar-refractivity contribution in [3.8, 4) is 0 Å². The molecular weight excluding hydrogens is 274 g/mol. The summed E-state index contributed by atoms with van der Waals surface area (Å²) in [6, 6.07) is -0.199. The van der Waals surface area contributed by atoms with E-state index in [1.807, 2.05) is 0 Å². The van der Waals surface area contributed by atoms with E-state index in [0.717, 1.165) is 12.5 Å². The first-order valence-electron chi connectivity index (χ1n) is 5.40. The molecule has 0 saturated carbocycles. The van der Waals surface area contributed by atoms with Crippen LogP contribution in [-0.4, -0.2) is 41.4 Å². The second-order valence-corrected chi connectivity index (χ2v) is 6.44. The summed E-state index contributed by atoms with van der Waals surface area (Å²) in [5.74, 6) is -0.0780. The zero-order valence-corrected chi connectivity index (χ0v) is 11.3. The van der Waals surface area contributed by atoms with Crippen LogP contribution in [-0.2, 0) is 9.84 Å². The van der Waals surface area contributed by atoms with E-state index in [1.165, 1.54) is 0 Å². The Balaban J connectivity index is 2.67. The summed E-state index contributed by atoms with van der Waals surface area (Å²) in [6.45, 7) is 1.76. The summed E-state index contributed by atoms with van der Waals surface area (Å²) in [5.41, 5.74) is 5.05. The van der Waals surface area contributed by atoms with Gasteiger partial charge in [-0.15, -0.1) is 0 Å². The number of hydrogen-bond donors (Lipinski definition) is 2. The minimum absolute atomic E-state index is 0.0314. The van der Waals surface area contributed by atoms with Crippen LogP contribution in [0.2, 0.25) is 0 Å². The molecule has 106 valence electrons. The molecule has 1 aromatic rings. The van der Waals surface area contributed by atoms with Crippen LogP contribution in [0.5, 0.6) is 0 Å². The fraction of sp³-hybridized carbons (Fsp3) is 0.556. The maximum Gasteiger partial charge on any atom is 0.329 e. The number of nitrogens with zero attached hydrogens (tertiary/aromatic N) is 3. The van der Waals surface area contributed by atoms with Crippen LogP contribution >= 0.6 is 0 Å². The summed E-state index contributed by atoms with van der Waals surface area (Å²) in [7, 11) is -3.03. The number of rotatable bonds is 6. The van der Waals surface area contributed by atoms with Gasteiger partial charge in [-0.3, -0.25) is 10.1 Å². The molecule has 0 bridgehead atoms. The molecule has 0 aliphatic heterocycles. The molecule has 0 saturated heterocycles. The van der Waals surface area contributed by atoms with E-state index in [4.69, 9.17) is 5.73 Å². The van der Waals surface area contributed by atoms with E-state index in [0.29, 0.717) is 6.42 Å². The third-order valence-electron chi connectivity index (χ3n) is 2.29. The van der Waals surface area contributed by atoms with Gasteiger partial charge in [-0.05, 0) is 13.3 Å². The third kappa shape index (κ3) is 5.04. The van der Waals surface area contributed by atoms with Gasteiger partial charge in [0.25, 0.3) is 0 Å². The Kier molecular flexibility index (Phi) is 4.59. The Morgan fingerprint density at radius 1 is 1.58 bits per heavy atom. The Hall–Kier alpha value is -1.97. The fourth-order valence-corrected chi connectivity index (χ4v) is 2.06. The smallest absolute Gasteiger partial charge is 0.329 e. The number of hydrogen-bond acceptors (Lipinski definition) is 8. The molecule has 1 unspecified atom stereocenters. The van der Waals surface area contributed by atoms with Gasteiger partial charge in [-0.25, -0.2) is 13.4 Å². The van der Waals surface area contributed by atoms with Crippen molar-refractivity contribution >= 4 is 27.3 Å². The molecule has 1 atom stereocenters. The quantitative estimate of drug-likeness (QED) is 0.558. The lowest BCUT2D eigenvalue weighted by atomic mass is 10.3. The zero-order chi connectivity index (χ0) is 14.6. The van der Waals surface area contributed by atoms with Gasteiger partial charge >= 0.3 is 5.69 Å². The van der Waals surface area contributed by atoms with Gasteiger partial charge in [0.15, 0.2) is 0 Å². The van der Waals surface area contributed by atoms with Crippen LogP contribution in [0.3, 0.4) is 0 Å². The van der Waals surface area contributed by atoms with E-state index in [2.05, 4.69) is 15.3 Å². The van der Waals surface area contributed by atoms with Crippen molar-refractivity contribution < 1.29 is 13.3 Å². The first kappa shape index (κ1) is 15.1. The van der Waals surface area contributed by atoms with Crippen LogP contribution < -0.4 is 11.1 Å². The molecule has 19 heavy (non-hydrogen) atoms. The summed E-state index contributed by atoms with van der Waals surface area (Å²) < 4.78 is 22.0. The predicted octanol–water partition coefficient (Wildman–Crippen LogP) is 0.202. The number of nitrogens with one attached hydrogen (secondary N) is 1. The second-order valence-electron chi connectivity index (χ2n) is 4.19. The normalized spacial score (nSPS) is 12.9. The molecule has 1 aromatic heterocycles. The molecule has 0 amide bonds. The summed E-state index contributed by atoms with van der Waals surface area (Å²) in [5, 5.41) is 13.4. The number of nitro groups is 1. The Labute approximate surface area is 110 Å². The number of aromatic nitrogens is 2. The van der Waals surface area contributed by atoms with E-state index >= 15 is 0 Å². The monoisotopic (exact) mass is 289 g/mol. The Morgan fingerprint density at radius 2 is 2.21 bits per heavy atom. The van der Waals surface area contributed by atoms with Crippen molar-refractivity contribution in [2.24, 2.45) is 0 Å². The number of anilines is 2. The number of nitrogens with two attached hydrogens (primary N) is 1. The zero-order valence-electron chi connectivity index (χ0n) is 10.5. The highest BCUT2D eigenvalue weighted by atomic mass is 32.2. The van der Waals surface area contributed by atoms with Crippen molar-refractivity contribution in [3.05, 3.63) is 16.3 Å². The molecule has 0 aliphatic carbocycles. The molecule has 0 spiro atoms. The lowest BCUT2D eigenvalue weighted by Crippen LogP contribution is -2.21. The van der Waals surface area contributed by atoms with Crippen molar-refractivity contribution in [2.45, 2.75) is 19.4 Å². The standard InChI is InChI=1S/C9H15N5O4S/c1-6(3-4-19(2,17)18)12-9-11-5-7(14(15)16)8(10)13-9/h5-6H,3-4H2,1-2H3,(H3,10,11,12,13). The summed E-state index contributed by atoms with van der Waals surface area (Å²) >= 11 is 0. The third-order valence-corrected chi connectivity index (χ3v) is 3.27. The lowest BCUT2D eigenvalue weighted by Gasteiger charge is -2.12. The van der Waals surface area contributed by atoms with E-state index in [9.17, 15) is 18.5 Å². The van der Waals surface area contributed by atoms with Crippen LogP contribution in [0.25, 0.3) is 0 Å². The van der Waals surface area contributed by atoms with Gasteiger partial charge in [0.1, 0.15) is 16.0 Å². The SMILES string of the molecule is CC(CCS(C)(=O)=O)Nc1ncc([N+](=O)[O-])c(N)n1. The van der Waals surface area contributed by atoms with Crippen LogP contribution in [0.1, 0.15) is 13.3 Å². The average molecular weight is 289 g/mol. The first-order valence-corrected chi connectivity index (χ1v) is 7.46. The molecule has 9 nitrogen and oxygen atoms in total. The van der Waals surface area contributed by atoms with Gasteiger partial charge < -0.3 is 11.1 Å². The van der Waals surface area contributed by atoms with E-state index in [-0.39, 0.29) is 29.2 Å². The van der Waals surface area contributed by atoms with Crippen molar-refractivity contribution in [2.75, 3.05) is 23.1 Å². The number of sulfone groups is 1. The van der Waals surface area contributed by atoms with Crippen LogP contribution in [0, 0.1) is 10.1 Å². The van der Waals surface area contributed by atoms with Gasteiger partial charge in [-0.2, -0.15) is 4.98 Å². The maximum atomic E-state index is 11.0. The Bertz CT molecular complexity index is 574. The van der Waals surface area contributed by atoms with Crippen LogP contribution in [0.15, 0.2) is 6.20 Å². The van der Waals surface area contributed by atoms with Gasteiger partial charge in [-0.1, -0.05) is 0 Å². The molecule has 0 radical (unpaired) electrons. The Morgan fingerprint density at radius 3 is 2.68 bits per heavy atom. The summed E-state index contributed by atoms with van der Waals surface area (Å²) in [4.78, 5) is 17.3. The highest BCUT2D eigenvalue weighted by Gasteiger charge is 2.15. The van der Waals surface area contributed by atoms with Crippen molar-refractivity contribution in [1.82, 2.24) is 9.97 Å². The fourth-order valence-electron chi connectivity index (χ4n) is 1.28. The molecule has 10 heteroatoms. The molecule has 0 aliphatic rings. The minimum atomic E-state index is -3.03. The first-order chi connectivity index (χ1) is 8.69. The average Bonchev–Trinajstić information content (AvgIpc) is 2.25. The van der Waals surface area contributed by atoms with Gasteiger partial charge in [0.2, 0.25) is 11.8 Å². The van der Waals surface area contributed by atoms with Gasteiger partial charge in [0.05, 0.1) is 10.7 Å². The molecular formula is C9H15N5O4S. The largest absolute Gasteiger partial charge is 0.378 e.